The number of urea groups is 1. The quantitative estimate of drug-likeness (QED) is 0.726. The number of hydrogen-bond acceptors (Lipinski definition) is 3. The molecule has 0 aliphatic heterocycles. The molecule has 0 aliphatic rings. The average molecular weight is 383 g/mol. The fraction of sp³-hybridized carbons (Fsp3) is 0.364. The number of ether oxygens (including phenoxy) is 1. The third-order valence-corrected chi connectivity index (χ3v) is 4.28. The van der Waals surface area contributed by atoms with E-state index >= 15 is 0 Å². The number of carbonyl (C=O) groups is 2. The van der Waals surface area contributed by atoms with Crippen LogP contribution in [0.25, 0.3) is 0 Å². The van der Waals surface area contributed by atoms with Gasteiger partial charge in [-0.3, -0.25) is 4.79 Å². The minimum absolute atomic E-state index is 0.0446. The molecule has 0 heterocycles. The van der Waals surface area contributed by atoms with Gasteiger partial charge in [-0.05, 0) is 42.7 Å². The maximum atomic E-state index is 12.9. The summed E-state index contributed by atoms with van der Waals surface area (Å²) in [6, 6.07) is 15.8. The van der Waals surface area contributed by atoms with Crippen molar-refractivity contribution in [2.75, 3.05) is 19.0 Å². The molecule has 0 fully saturated rings. The lowest BCUT2D eigenvalue weighted by molar-refractivity contribution is -0.133. The Morgan fingerprint density at radius 3 is 2.25 bits per heavy atom. The van der Waals surface area contributed by atoms with Crippen LogP contribution in [-0.2, 0) is 11.3 Å². The lowest BCUT2D eigenvalue weighted by Crippen LogP contribution is -2.51. The summed E-state index contributed by atoms with van der Waals surface area (Å²) in [5.41, 5.74) is 1.67. The van der Waals surface area contributed by atoms with Gasteiger partial charge in [0.25, 0.3) is 0 Å². The summed E-state index contributed by atoms with van der Waals surface area (Å²) in [7, 11) is 1.74. The summed E-state index contributed by atoms with van der Waals surface area (Å²) < 4.78 is 5.44. The van der Waals surface area contributed by atoms with Crippen LogP contribution in [-0.4, -0.2) is 36.5 Å². The van der Waals surface area contributed by atoms with Gasteiger partial charge in [0.05, 0.1) is 6.61 Å². The van der Waals surface area contributed by atoms with Crippen LogP contribution in [0.15, 0.2) is 54.6 Å². The molecule has 150 valence electrons. The van der Waals surface area contributed by atoms with E-state index in [2.05, 4.69) is 10.6 Å². The van der Waals surface area contributed by atoms with E-state index in [1.807, 2.05) is 63.2 Å². The molecule has 2 N–H and O–H groups in total. The van der Waals surface area contributed by atoms with Crippen molar-refractivity contribution in [2.24, 2.45) is 5.92 Å². The van der Waals surface area contributed by atoms with Crippen LogP contribution in [0.2, 0.25) is 0 Å². The van der Waals surface area contributed by atoms with Crippen LogP contribution in [0, 0.1) is 5.92 Å². The Hall–Kier alpha value is -3.02. The Balaban J connectivity index is 1.97. The van der Waals surface area contributed by atoms with Crippen LogP contribution in [0.1, 0.15) is 26.3 Å². The summed E-state index contributed by atoms with van der Waals surface area (Å²) in [5.74, 6) is 0.628. The van der Waals surface area contributed by atoms with Crippen LogP contribution < -0.4 is 15.4 Å². The Morgan fingerprint density at radius 1 is 1.04 bits per heavy atom. The summed E-state index contributed by atoms with van der Waals surface area (Å²) in [4.78, 5) is 26.8. The molecule has 2 rings (SSSR count). The van der Waals surface area contributed by atoms with Gasteiger partial charge in [0, 0.05) is 19.3 Å². The van der Waals surface area contributed by atoms with E-state index < -0.39 is 12.1 Å². The van der Waals surface area contributed by atoms with Crippen molar-refractivity contribution in [3.63, 3.8) is 0 Å². The summed E-state index contributed by atoms with van der Waals surface area (Å²) in [6.07, 6.45) is 0. The minimum atomic E-state index is -0.614. The number of para-hydroxylation sites is 1. The first-order valence-corrected chi connectivity index (χ1v) is 9.50. The second kappa shape index (κ2) is 10.3. The average Bonchev–Trinajstić information content (AvgIpc) is 2.68. The first kappa shape index (κ1) is 21.3. The predicted octanol–water partition coefficient (Wildman–Crippen LogP) is 3.89. The molecule has 6 heteroatoms. The fourth-order valence-corrected chi connectivity index (χ4v) is 2.79. The molecule has 1 unspecified atom stereocenters. The van der Waals surface area contributed by atoms with E-state index in [0.717, 1.165) is 11.3 Å². The highest BCUT2D eigenvalue weighted by Gasteiger charge is 2.27. The van der Waals surface area contributed by atoms with Gasteiger partial charge in [0.1, 0.15) is 11.8 Å². The first-order valence-electron chi connectivity index (χ1n) is 9.50. The van der Waals surface area contributed by atoms with E-state index in [0.29, 0.717) is 18.8 Å². The first-order chi connectivity index (χ1) is 13.4. The van der Waals surface area contributed by atoms with E-state index in [4.69, 9.17) is 4.74 Å². The third kappa shape index (κ3) is 6.30. The molecule has 2 aromatic carbocycles. The van der Waals surface area contributed by atoms with E-state index in [9.17, 15) is 9.59 Å². The second-order valence-corrected chi connectivity index (χ2v) is 6.96. The summed E-state index contributed by atoms with van der Waals surface area (Å²) >= 11 is 0. The Labute approximate surface area is 166 Å². The zero-order valence-corrected chi connectivity index (χ0v) is 16.9. The lowest BCUT2D eigenvalue weighted by atomic mass is 10.0. The number of carbonyl (C=O) groups excluding carboxylic acids is 2. The molecule has 0 aliphatic carbocycles. The number of nitrogens with one attached hydrogen (secondary N) is 2. The Bertz CT molecular complexity index is 760. The molecule has 0 spiro atoms. The zero-order valence-electron chi connectivity index (χ0n) is 16.9. The summed E-state index contributed by atoms with van der Waals surface area (Å²) in [6.45, 7) is 6.83. The lowest BCUT2D eigenvalue weighted by Gasteiger charge is -2.27. The molecule has 6 nitrogen and oxygen atoms in total. The molecular weight excluding hydrogens is 354 g/mol. The molecule has 3 amide bonds. The number of likely N-dealkylation sites (N-methyl/N-ethyl adjacent to an activating group) is 1. The van der Waals surface area contributed by atoms with Gasteiger partial charge in [-0.1, -0.05) is 44.2 Å². The SMILES string of the molecule is CCOc1ccc(CN(C)C(=O)C(NC(=O)Nc2ccccc2)C(C)C)cc1. The minimum Gasteiger partial charge on any atom is -0.494 e. The maximum absolute atomic E-state index is 12.9. The standard InChI is InChI=1S/C22H29N3O3/c1-5-28-19-13-11-17(12-14-19)15-25(4)21(26)20(16(2)3)24-22(27)23-18-9-7-6-8-10-18/h6-14,16,20H,5,15H2,1-4H3,(H2,23,24,27). The van der Waals surface area contributed by atoms with Crippen LogP contribution >= 0.6 is 0 Å². The van der Waals surface area contributed by atoms with Crippen molar-refractivity contribution >= 4 is 17.6 Å². The molecule has 1 atom stereocenters. The summed E-state index contributed by atoms with van der Waals surface area (Å²) in [5, 5.41) is 5.55. The van der Waals surface area contributed by atoms with Crippen molar-refractivity contribution in [3.05, 3.63) is 60.2 Å². The van der Waals surface area contributed by atoms with Gasteiger partial charge >= 0.3 is 6.03 Å². The van der Waals surface area contributed by atoms with E-state index in [-0.39, 0.29) is 11.8 Å². The van der Waals surface area contributed by atoms with Crippen molar-refractivity contribution in [2.45, 2.75) is 33.4 Å². The van der Waals surface area contributed by atoms with Gasteiger partial charge < -0.3 is 20.3 Å². The van der Waals surface area contributed by atoms with Crippen molar-refractivity contribution < 1.29 is 14.3 Å². The van der Waals surface area contributed by atoms with Gasteiger partial charge in [0.2, 0.25) is 5.91 Å². The van der Waals surface area contributed by atoms with Crippen molar-refractivity contribution in [1.29, 1.82) is 0 Å². The molecule has 0 saturated heterocycles. The number of rotatable bonds is 8. The number of amides is 3. The van der Waals surface area contributed by atoms with E-state index in [1.165, 1.54) is 0 Å². The second-order valence-electron chi connectivity index (χ2n) is 6.96. The van der Waals surface area contributed by atoms with Gasteiger partial charge in [-0.2, -0.15) is 0 Å². The van der Waals surface area contributed by atoms with Crippen molar-refractivity contribution in [3.8, 4) is 5.75 Å². The molecule has 0 bridgehead atoms. The number of benzene rings is 2. The monoisotopic (exact) mass is 383 g/mol. The molecule has 0 saturated carbocycles. The van der Waals surface area contributed by atoms with Gasteiger partial charge in [0.15, 0.2) is 0 Å². The highest BCUT2D eigenvalue weighted by atomic mass is 16.5. The largest absolute Gasteiger partial charge is 0.494 e. The predicted molar refractivity (Wildman–Crippen MR) is 111 cm³/mol. The fourth-order valence-electron chi connectivity index (χ4n) is 2.79. The number of hydrogen-bond donors (Lipinski definition) is 2. The van der Waals surface area contributed by atoms with Gasteiger partial charge in [-0.25, -0.2) is 4.79 Å². The smallest absolute Gasteiger partial charge is 0.319 e. The molecular formula is C22H29N3O3. The number of nitrogens with zero attached hydrogens (tertiary/aromatic N) is 1. The maximum Gasteiger partial charge on any atom is 0.319 e. The molecule has 28 heavy (non-hydrogen) atoms. The Kier molecular flexibility index (Phi) is 7.87. The number of anilines is 1. The Morgan fingerprint density at radius 2 is 1.68 bits per heavy atom. The van der Waals surface area contributed by atoms with Gasteiger partial charge in [-0.15, -0.1) is 0 Å². The van der Waals surface area contributed by atoms with E-state index in [1.54, 1.807) is 24.1 Å². The zero-order chi connectivity index (χ0) is 20.5. The molecule has 0 aromatic heterocycles. The van der Waals surface area contributed by atoms with Crippen LogP contribution in [0.4, 0.5) is 10.5 Å². The topological polar surface area (TPSA) is 70.7 Å². The third-order valence-electron chi connectivity index (χ3n) is 4.28. The normalized spacial score (nSPS) is 11.6. The highest BCUT2D eigenvalue weighted by Crippen LogP contribution is 2.15. The highest BCUT2D eigenvalue weighted by molar-refractivity contribution is 5.93. The van der Waals surface area contributed by atoms with Crippen molar-refractivity contribution in [1.82, 2.24) is 10.2 Å². The molecule has 0 radical (unpaired) electrons. The molecule has 2 aromatic rings. The van der Waals surface area contributed by atoms with Crippen LogP contribution in [0.5, 0.6) is 5.75 Å². The van der Waals surface area contributed by atoms with Crippen LogP contribution in [0.3, 0.4) is 0 Å².